The number of H-pyrrole nitrogens is 2. The van der Waals surface area contributed by atoms with Gasteiger partial charge in [-0.2, -0.15) is 10.5 Å². The summed E-state index contributed by atoms with van der Waals surface area (Å²) in [5.74, 6) is 2.57. The molecule has 0 bridgehead atoms. The largest absolute Gasteiger partial charge is 1.00 e. The van der Waals surface area contributed by atoms with Gasteiger partial charge in [-0.05, 0) is 97.8 Å². The number of hydrogen-bond acceptors (Lipinski definition) is 2. The first-order valence-corrected chi connectivity index (χ1v) is 16.1. The van der Waals surface area contributed by atoms with Gasteiger partial charge in [0.25, 0.3) is 13.4 Å². The zero-order valence-corrected chi connectivity index (χ0v) is 32.6. The van der Waals surface area contributed by atoms with Crippen molar-refractivity contribution >= 4 is 59.1 Å². The van der Waals surface area contributed by atoms with Crippen molar-refractivity contribution in [2.24, 2.45) is 28.2 Å². The van der Waals surface area contributed by atoms with Crippen molar-refractivity contribution in [2.75, 3.05) is 0 Å². The van der Waals surface area contributed by atoms with Gasteiger partial charge in [0.05, 0.1) is 38.1 Å². The van der Waals surface area contributed by atoms with Gasteiger partial charge in [0.1, 0.15) is 23.5 Å². The molecule has 16 heteroatoms. The van der Waals surface area contributed by atoms with Crippen molar-refractivity contribution in [3.63, 3.8) is 0 Å². The number of nitriles is 2. The molecule has 6 aromatic rings. The van der Waals surface area contributed by atoms with Crippen LogP contribution in [0, 0.1) is 62.8 Å². The Balaban J connectivity index is 0.000000371. The van der Waals surface area contributed by atoms with E-state index in [9.17, 15) is 0 Å². The van der Waals surface area contributed by atoms with E-state index in [-0.39, 0.29) is 51.1 Å². The van der Waals surface area contributed by atoms with Crippen LogP contribution in [0.25, 0.3) is 19.4 Å². The maximum Gasteiger partial charge on any atom is 1.00 e. The second-order valence-corrected chi connectivity index (χ2v) is 11.9. The molecule has 0 aliphatic rings. The molecule has 6 rings (SSSR count). The van der Waals surface area contributed by atoms with E-state index in [1.165, 1.54) is 0 Å². The number of nitrogens with zero attached hydrogens (tertiary/aromatic N) is 10. The molecule has 0 amide bonds. The van der Waals surface area contributed by atoms with Gasteiger partial charge in [0.2, 0.25) is 23.3 Å². The predicted molar refractivity (Wildman–Crippen MR) is 209 cm³/mol. The standard InChI is InChI=1S/C13H13BN4.C11H9BN4.2C7H8N2.2Li/c1-14(11-6-5-10(9-15)17(11)3)12-7-8-13(16-2)18(12)4;1-12(9-4-3-8(7-13)15-9)10-5-6-11(14-2)16-10;2*1-6-4-5-7(8-2)9(6)3;;/h5-8H,1,3-4H3;3-6,15-16H,1H3;2*4-5H,1,3H3;;/q;;;;2*+1. The molecule has 0 fully saturated rings. The molecule has 6 aromatic heterocycles. The third-order valence-electron chi connectivity index (χ3n) is 8.91. The van der Waals surface area contributed by atoms with Crippen molar-refractivity contribution in [1.29, 1.82) is 10.5 Å². The summed E-state index contributed by atoms with van der Waals surface area (Å²) in [6, 6.07) is 26.6. The van der Waals surface area contributed by atoms with E-state index in [1.807, 2.05) is 128 Å². The number of aromatic nitrogens is 6. The summed E-state index contributed by atoms with van der Waals surface area (Å²) in [5.41, 5.74) is 7.54. The number of aromatic amines is 2. The normalized spacial score (nSPS) is 9.07. The predicted octanol–water partition coefficient (Wildman–Crippen LogP) is -0.194. The fraction of sp³-hybridized carbons (Fsp3) is 0.211. The minimum absolute atomic E-state index is 0. The van der Waals surface area contributed by atoms with Crippen LogP contribution >= 0.6 is 0 Å². The molecular formula is C38H38B2Li2N12+2. The summed E-state index contributed by atoms with van der Waals surface area (Å²) in [6.07, 6.45) is 0. The Bertz CT molecular complexity index is 2250. The second-order valence-electron chi connectivity index (χ2n) is 11.9. The Morgan fingerprint density at radius 1 is 0.537 bits per heavy atom. The molecule has 6 heterocycles. The van der Waals surface area contributed by atoms with Crippen molar-refractivity contribution in [3.8, 4) is 12.1 Å². The van der Waals surface area contributed by atoms with E-state index < -0.39 is 0 Å². The zero-order valence-electron chi connectivity index (χ0n) is 32.6. The van der Waals surface area contributed by atoms with Crippen LogP contribution in [0.1, 0.15) is 22.8 Å². The van der Waals surface area contributed by atoms with E-state index >= 15 is 0 Å². The van der Waals surface area contributed by atoms with E-state index in [0.29, 0.717) is 34.7 Å². The molecule has 0 atom stereocenters. The maximum absolute atomic E-state index is 8.97. The number of rotatable bonds is 4. The number of nitrogens with one attached hydrogen (secondary N) is 2. The maximum atomic E-state index is 8.97. The monoisotopic (exact) mass is 698 g/mol. The molecule has 54 heavy (non-hydrogen) atoms. The van der Waals surface area contributed by atoms with Crippen molar-refractivity contribution < 1.29 is 37.7 Å². The van der Waals surface area contributed by atoms with Crippen LogP contribution in [0.3, 0.4) is 0 Å². The van der Waals surface area contributed by atoms with Crippen LogP contribution in [-0.4, -0.2) is 41.7 Å². The fourth-order valence-electron chi connectivity index (χ4n) is 5.33. The summed E-state index contributed by atoms with van der Waals surface area (Å²) >= 11 is 0. The van der Waals surface area contributed by atoms with Crippen molar-refractivity contribution in [3.05, 3.63) is 141 Å². The Hall–Kier alpha value is -6.06. The Morgan fingerprint density at radius 2 is 1.00 bits per heavy atom. The second kappa shape index (κ2) is 21.5. The molecule has 256 valence electrons. The van der Waals surface area contributed by atoms with Crippen molar-refractivity contribution in [2.45, 2.75) is 27.5 Å². The SMILES string of the molecule is [C-]#[N+]c1ccc(B(C)c2ccc(C#N)[nH]2)[nH]1.[C-]#[N+]c1ccc(B(C)c2ccc(C#N)n2C)n1C.[C-]#[N+]c1ccc(C)n1C.[C-]#[N+]c1ccc(C)n1C.[Li+].[Li+]. The summed E-state index contributed by atoms with van der Waals surface area (Å²) in [4.78, 5) is 19.5. The average Bonchev–Trinajstić information content (AvgIpc) is 4.02. The van der Waals surface area contributed by atoms with E-state index in [4.69, 9.17) is 36.8 Å². The molecule has 0 saturated carbocycles. The van der Waals surface area contributed by atoms with Gasteiger partial charge >= 0.3 is 37.7 Å². The minimum Gasteiger partial charge on any atom is -0.364 e. The molecule has 2 N–H and O–H groups in total. The summed E-state index contributed by atoms with van der Waals surface area (Å²) in [6.45, 7) is 35.7. The third-order valence-corrected chi connectivity index (χ3v) is 8.91. The smallest absolute Gasteiger partial charge is 0.364 e. The van der Waals surface area contributed by atoms with Gasteiger partial charge in [-0.1, -0.05) is 39.9 Å². The third kappa shape index (κ3) is 11.0. The van der Waals surface area contributed by atoms with Crippen LogP contribution in [0.4, 0.5) is 23.3 Å². The van der Waals surface area contributed by atoms with E-state index in [2.05, 4.69) is 48.3 Å². The van der Waals surface area contributed by atoms with Gasteiger partial charge in [0, 0.05) is 12.6 Å². The average molecular weight is 698 g/mol. The van der Waals surface area contributed by atoms with Crippen molar-refractivity contribution in [1.82, 2.24) is 28.2 Å². The Kier molecular flexibility index (Phi) is 18.3. The number of aryl methyl sites for hydroxylation is 2. The first kappa shape index (κ1) is 46.0. The molecule has 0 spiro atoms. The molecule has 0 aromatic carbocycles. The molecular weight excluding hydrogens is 660 g/mol. The molecule has 0 radical (unpaired) electrons. The quantitative estimate of drug-likeness (QED) is 0.196. The van der Waals surface area contributed by atoms with Crippen LogP contribution in [0.2, 0.25) is 13.6 Å². The van der Waals surface area contributed by atoms with E-state index in [0.717, 1.165) is 33.8 Å². The van der Waals surface area contributed by atoms with Gasteiger partial charge in [-0.15, -0.1) is 0 Å². The fourth-order valence-corrected chi connectivity index (χ4v) is 5.33. The van der Waals surface area contributed by atoms with Gasteiger partial charge in [0.15, 0.2) is 0 Å². The zero-order chi connectivity index (χ0) is 38.5. The van der Waals surface area contributed by atoms with Crippen LogP contribution in [0.5, 0.6) is 0 Å². The first-order chi connectivity index (χ1) is 24.8. The Labute approximate surface area is 342 Å². The number of hydrogen-bond donors (Lipinski definition) is 2. The molecule has 0 saturated heterocycles. The molecule has 12 nitrogen and oxygen atoms in total. The molecule has 0 unspecified atom stereocenters. The van der Waals surface area contributed by atoms with Gasteiger partial charge < -0.3 is 47.6 Å². The Morgan fingerprint density at radius 3 is 1.37 bits per heavy atom. The summed E-state index contributed by atoms with van der Waals surface area (Å²) in [7, 11) is 7.57. The molecule has 0 aliphatic heterocycles. The van der Waals surface area contributed by atoms with Gasteiger partial charge in [-0.3, -0.25) is 0 Å². The first-order valence-electron chi connectivity index (χ1n) is 16.1. The molecule has 0 aliphatic carbocycles. The summed E-state index contributed by atoms with van der Waals surface area (Å²) in [5, 5.41) is 17.7. The van der Waals surface area contributed by atoms with Gasteiger partial charge in [-0.25, -0.2) is 0 Å². The topological polar surface area (TPSA) is 116 Å². The van der Waals surface area contributed by atoms with Crippen LogP contribution in [0.15, 0.2) is 72.8 Å². The van der Waals surface area contributed by atoms with Crippen LogP contribution in [-0.2, 0) is 28.2 Å². The minimum atomic E-state index is 0. The van der Waals surface area contributed by atoms with E-state index in [1.54, 1.807) is 12.1 Å². The van der Waals surface area contributed by atoms with Crippen LogP contribution < -0.4 is 60.1 Å². The summed E-state index contributed by atoms with van der Waals surface area (Å²) < 4.78 is 7.53.